The predicted octanol–water partition coefficient (Wildman–Crippen LogP) is 3.64. The van der Waals surface area contributed by atoms with Gasteiger partial charge in [0, 0.05) is 11.9 Å². The Bertz CT molecular complexity index is 457. The fourth-order valence-corrected chi connectivity index (χ4v) is 2.07. The Morgan fingerprint density at radius 2 is 2.25 bits per heavy atom. The van der Waals surface area contributed by atoms with Crippen molar-refractivity contribution in [2.45, 2.75) is 13.5 Å². The van der Waals surface area contributed by atoms with Crippen molar-refractivity contribution in [2.75, 3.05) is 5.32 Å². The fraction of sp³-hybridized carbons (Fsp3) is 0.182. The smallest absolute Gasteiger partial charge is 0.154 e. The molecule has 0 saturated heterocycles. The van der Waals surface area contributed by atoms with Crippen LogP contribution in [0.4, 0.5) is 5.69 Å². The molecule has 16 heavy (non-hydrogen) atoms. The molecule has 5 heteroatoms. The maximum atomic E-state index is 6.01. The van der Waals surface area contributed by atoms with E-state index in [-0.39, 0.29) is 0 Å². The highest BCUT2D eigenvalue weighted by Crippen LogP contribution is 2.26. The van der Waals surface area contributed by atoms with Crippen LogP contribution in [-0.2, 0) is 6.54 Å². The molecular weight excluding hydrogens is 245 g/mol. The zero-order valence-corrected chi connectivity index (χ0v) is 10.2. The van der Waals surface area contributed by atoms with Gasteiger partial charge < -0.3 is 10.3 Å². The second kappa shape index (κ2) is 4.76. The average molecular weight is 256 g/mol. The van der Waals surface area contributed by atoms with Crippen LogP contribution in [0, 0.1) is 6.92 Å². The van der Waals surface area contributed by atoms with Crippen LogP contribution in [0.3, 0.4) is 0 Å². The molecule has 0 unspecified atom stereocenters. The summed E-state index contributed by atoms with van der Waals surface area (Å²) in [5.74, 6) is 0. The molecule has 2 heterocycles. The van der Waals surface area contributed by atoms with Crippen LogP contribution >= 0.6 is 23.2 Å². The molecule has 0 amide bonds. The van der Waals surface area contributed by atoms with Crippen LogP contribution in [0.1, 0.15) is 11.3 Å². The van der Waals surface area contributed by atoms with Gasteiger partial charge in [-0.2, -0.15) is 0 Å². The van der Waals surface area contributed by atoms with Gasteiger partial charge in [-0.05, 0) is 30.7 Å². The van der Waals surface area contributed by atoms with Crippen LogP contribution in [0.5, 0.6) is 0 Å². The lowest BCUT2D eigenvalue weighted by Crippen LogP contribution is -2.03. The standard InChI is InChI=1S/C11H11Cl2N3/c1-7-5-9(12)16-11(13)10(7)15-6-8-3-2-4-14-8/h2-5,14-15H,6H2,1H3. The van der Waals surface area contributed by atoms with Crippen molar-refractivity contribution in [3.05, 3.63) is 46.0 Å². The van der Waals surface area contributed by atoms with E-state index in [1.54, 1.807) is 6.07 Å². The minimum absolute atomic E-state index is 0.400. The number of halogens is 2. The molecule has 0 radical (unpaired) electrons. The van der Waals surface area contributed by atoms with Gasteiger partial charge in [-0.25, -0.2) is 4.98 Å². The van der Waals surface area contributed by atoms with E-state index >= 15 is 0 Å². The third-order valence-corrected chi connectivity index (χ3v) is 2.73. The first kappa shape index (κ1) is 11.3. The Balaban J connectivity index is 2.15. The Morgan fingerprint density at radius 1 is 1.44 bits per heavy atom. The lowest BCUT2D eigenvalue weighted by Gasteiger charge is -2.10. The zero-order chi connectivity index (χ0) is 11.5. The molecule has 0 aliphatic rings. The second-order valence-electron chi connectivity index (χ2n) is 3.48. The number of H-pyrrole nitrogens is 1. The van der Waals surface area contributed by atoms with Gasteiger partial charge >= 0.3 is 0 Å². The minimum Gasteiger partial charge on any atom is -0.377 e. The van der Waals surface area contributed by atoms with Crippen molar-refractivity contribution in [1.82, 2.24) is 9.97 Å². The number of hydrogen-bond acceptors (Lipinski definition) is 2. The van der Waals surface area contributed by atoms with Gasteiger partial charge in [0.2, 0.25) is 0 Å². The van der Waals surface area contributed by atoms with Crippen molar-refractivity contribution in [2.24, 2.45) is 0 Å². The maximum absolute atomic E-state index is 6.01. The molecule has 84 valence electrons. The zero-order valence-electron chi connectivity index (χ0n) is 8.72. The first-order valence-corrected chi connectivity index (χ1v) is 5.61. The molecule has 0 bridgehead atoms. The molecule has 0 fully saturated rings. The van der Waals surface area contributed by atoms with E-state index in [9.17, 15) is 0 Å². The van der Waals surface area contributed by atoms with Crippen LogP contribution in [0.2, 0.25) is 10.3 Å². The molecule has 0 aromatic carbocycles. The van der Waals surface area contributed by atoms with E-state index in [1.165, 1.54) is 0 Å². The van der Waals surface area contributed by atoms with E-state index in [2.05, 4.69) is 15.3 Å². The number of rotatable bonds is 3. The van der Waals surface area contributed by atoms with E-state index in [4.69, 9.17) is 23.2 Å². The molecule has 2 N–H and O–H groups in total. The van der Waals surface area contributed by atoms with Gasteiger partial charge in [0.25, 0.3) is 0 Å². The van der Waals surface area contributed by atoms with Gasteiger partial charge in [-0.1, -0.05) is 23.2 Å². The number of nitrogens with one attached hydrogen (secondary N) is 2. The van der Waals surface area contributed by atoms with E-state index < -0.39 is 0 Å². The summed E-state index contributed by atoms with van der Waals surface area (Å²) in [5.41, 5.74) is 2.89. The third-order valence-electron chi connectivity index (χ3n) is 2.26. The summed E-state index contributed by atoms with van der Waals surface area (Å²) < 4.78 is 0. The number of hydrogen-bond donors (Lipinski definition) is 2. The van der Waals surface area contributed by atoms with Gasteiger partial charge in [0.15, 0.2) is 5.15 Å². The molecule has 0 saturated carbocycles. The number of aromatic amines is 1. The SMILES string of the molecule is Cc1cc(Cl)nc(Cl)c1NCc1ccc[nH]1. The molecule has 0 atom stereocenters. The Morgan fingerprint density at radius 3 is 2.88 bits per heavy atom. The summed E-state index contributed by atoms with van der Waals surface area (Å²) in [6, 6.07) is 5.73. The summed E-state index contributed by atoms with van der Waals surface area (Å²) in [6.07, 6.45) is 1.88. The highest BCUT2D eigenvalue weighted by molar-refractivity contribution is 6.34. The summed E-state index contributed by atoms with van der Waals surface area (Å²) >= 11 is 11.8. The van der Waals surface area contributed by atoms with Crippen LogP contribution < -0.4 is 5.32 Å². The van der Waals surface area contributed by atoms with Gasteiger partial charge in [0.05, 0.1) is 12.2 Å². The van der Waals surface area contributed by atoms with Crippen molar-refractivity contribution in [3.8, 4) is 0 Å². The molecule has 0 aliphatic heterocycles. The number of pyridine rings is 1. The largest absolute Gasteiger partial charge is 0.377 e. The van der Waals surface area contributed by atoms with Crippen molar-refractivity contribution < 1.29 is 0 Å². The summed E-state index contributed by atoms with van der Waals surface area (Å²) in [6.45, 7) is 2.62. The monoisotopic (exact) mass is 255 g/mol. The topological polar surface area (TPSA) is 40.7 Å². The Hall–Kier alpha value is -1.19. The maximum Gasteiger partial charge on any atom is 0.154 e. The normalized spacial score (nSPS) is 10.4. The fourth-order valence-electron chi connectivity index (χ4n) is 1.47. The van der Waals surface area contributed by atoms with Crippen molar-refractivity contribution in [1.29, 1.82) is 0 Å². The van der Waals surface area contributed by atoms with E-state index in [0.717, 1.165) is 16.9 Å². The lowest BCUT2D eigenvalue weighted by atomic mass is 10.2. The first-order valence-electron chi connectivity index (χ1n) is 4.85. The van der Waals surface area contributed by atoms with Gasteiger partial charge in [-0.15, -0.1) is 0 Å². The predicted molar refractivity (Wildman–Crippen MR) is 67.1 cm³/mol. The Kier molecular flexibility index (Phi) is 3.36. The lowest BCUT2D eigenvalue weighted by molar-refractivity contribution is 1.06. The number of aromatic nitrogens is 2. The summed E-state index contributed by atoms with van der Waals surface area (Å²) in [5, 5.41) is 4.04. The molecule has 3 nitrogen and oxygen atoms in total. The molecule has 2 aromatic heterocycles. The van der Waals surface area contributed by atoms with Crippen LogP contribution in [-0.4, -0.2) is 9.97 Å². The first-order chi connectivity index (χ1) is 7.66. The number of nitrogens with zero attached hydrogens (tertiary/aromatic N) is 1. The third kappa shape index (κ3) is 2.49. The quantitative estimate of drug-likeness (QED) is 0.823. The van der Waals surface area contributed by atoms with Crippen molar-refractivity contribution in [3.63, 3.8) is 0 Å². The molecule has 0 aliphatic carbocycles. The van der Waals surface area contributed by atoms with E-state index in [0.29, 0.717) is 16.9 Å². The highest BCUT2D eigenvalue weighted by atomic mass is 35.5. The molecule has 2 aromatic rings. The summed E-state index contributed by atoms with van der Waals surface area (Å²) in [4.78, 5) is 7.10. The highest BCUT2D eigenvalue weighted by Gasteiger charge is 2.07. The number of anilines is 1. The van der Waals surface area contributed by atoms with Gasteiger partial charge in [0.1, 0.15) is 5.15 Å². The van der Waals surface area contributed by atoms with Crippen molar-refractivity contribution >= 4 is 28.9 Å². The van der Waals surface area contributed by atoms with Crippen LogP contribution in [0.15, 0.2) is 24.4 Å². The number of aryl methyl sites for hydroxylation is 1. The summed E-state index contributed by atoms with van der Waals surface area (Å²) in [7, 11) is 0. The average Bonchev–Trinajstić information content (AvgIpc) is 2.68. The Labute approximate surface area is 104 Å². The second-order valence-corrected chi connectivity index (χ2v) is 4.22. The minimum atomic E-state index is 0.400. The van der Waals surface area contributed by atoms with Crippen LogP contribution in [0.25, 0.3) is 0 Å². The van der Waals surface area contributed by atoms with E-state index in [1.807, 2.05) is 25.3 Å². The molecule has 0 spiro atoms. The van der Waals surface area contributed by atoms with Gasteiger partial charge in [-0.3, -0.25) is 0 Å². The molecule has 2 rings (SSSR count). The molecular formula is C11H11Cl2N3.